The van der Waals surface area contributed by atoms with Gasteiger partial charge in [0.1, 0.15) is 11.9 Å². The summed E-state index contributed by atoms with van der Waals surface area (Å²) in [5.41, 5.74) is 8.93. The Morgan fingerprint density at radius 2 is 1.88 bits per heavy atom. The molecule has 8 nitrogen and oxygen atoms in total. The van der Waals surface area contributed by atoms with Crippen LogP contribution in [-0.2, 0) is 14.3 Å². The fraction of sp³-hybridized carbons (Fsp3) is 0.440. The number of primary amides is 1. The minimum atomic E-state index is -0.796. The number of carbonyl (C=O) groups excluding carboxylic acids is 2. The molecule has 1 aromatic carbocycles. The number of aromatic nitrogens is 3. The zero-order chi connectivity index (χ0) is 23.8. The Kier molecular flexibility index (Phi) is 6.21. The van der Waals surface area contributed by atoms with Crippen LogP contribution >= 0.6 is 0 Å². The van der Waals surface area contributed by atoms with Crippen molar-refractivity contribution in [3.05, 3.63) is 47.7 Å². The monoisotopic (exact) mass is 449 g/mol. The molecule has 2 aromatic heterocycles. The summed E-state index contributed by atoms with van der Waals surface area (Å²) in [6.07, 6.45) is 1.32. The standard InChI is InChI=1S/C25H31N5O3/c1-16-22(20(15-31)33-25(2,3)4)24(29-12-10-18(11-13-29)23(26)32)30-21(27-16)14-19(28-30)17-8-6-5-7-9-17/h5-9,14-15,18,20H,10-13H2,1-4H3,(H2,26,32). The zero-order valence-electron chi connectivity index (χ0n) is 19.6. The third-order valence-electron chi connectivity index (χ3n) is 5.96. The Hall–Kier alpha value is -3.26. The van der Waals surface area contributed by atoms with E-state index in [9.17, 15) is 9.59 Å². The molecule has 2 N–H and O–H groups in total. The lowest BCUT2D eigenvalue weighted by Gasteiger charge is -2.35. The molecule has 0 bridgehead atoms. The van der Waals surface area contributed by atoms with Crippen molar-refractivity contribution in [3.63, 3.8) is 0 Å². The molecule has 0 radical (unpaired) electrons. The Balaban J connectivity index is 1.88. The predicted octanol–water partition coefficient (Wildman–Crippen LogP) is 3.46. The molecule has 3 heterocycles. The van der Waals surface area contributed by atoms with Gasteiger partial charge in [0.15, 0.2) is 11.9 Å². The molecule has 1 fully saturated rings. The van der Waals surface area contributed by atoms with Crippen molar-refractivity contribution in [2.45, 2.75) is 52.2 Å². The number of ether oxygens (including phenoxy) is 1. The Labute approximate surface area is 193 Å². The van der Waals surface area contributed by atoms with Gasteiger partial charge in [-0.25, -0.2) is 4.98 Å². The first-order valence-electron chi connectivity index (χ1n) is 11.3. The van der Waals surface area contributed by atoms with Crippen molar-refractivity contribution in [2.24, 2.45) is 11.7 Å². The van der Waals surface area contributed by atoms with Crippen molar-refractivity contribution in [1.29, 1.82) is 0 Å². The van der Waals surface area contributed by atoms with Gasteiger partial charge in [0.05, 0.1) is 16.9 Å². The Bertz CT molecular complexity index is 1160. The largest absolute Gasteiger partial charge is 0.369 e. The van der Waals surface area contributed by atoms with E-state index in [1.807, 2.05) is 64.1 Å². The van der Waals surface area contributed by atoms with Gasteiger partial charge >= 0.3 is 0 Å². The number of piperidine rings is 1. The van der Waals surface area contributed by atoms with Crippen LogP contribution in [0.15, 0.2) is 36.4 Å². The normalized spacial score (nSPS) is 16.2. The Morgan fingerprint density at radius 3 is 2.45 bits per heavy atom. The summed E-state index contributed by atoms with van der Waals surface area (Å²) in [5.74, 6) is 0.371. The average Bonchev–Trinajstić information content (AvgIpc) is 3.20. The van der Waals surface area contributed by atoms with Gasteiger partial charge in [0.2, 0.25) is 5.91 Å². The van der Waals surface area contributed by atoms with E-state index in [4.69, 9.17) is 20.6 Å². The smallest absolute Gasteiger partial charge is 0.220 e. The fourth-order valence-electron chi connectivity index (χ4n) is 4.41. The summed E-state index contributed by atoms with van der Waals surface area (Å²) >= 11 is 0. The number of benzene rings is 1. The summed E-state index contributed by atoms with van der Waals surface area (Å²) in [5, 5.41) is 4.88. The molecule has 0 aliphatic carbocycles. The number of aryl methyl sites for hydroxylation is 1. The lowest BCUT2D eigenvalue weighted by molar-refractivity contribution is -0.128. The molecule has 1 saturated heterocycles. The molecule has 1 atom stereocenters. The number of amides is 1. The zero-order valence-corrected chi connectivity index (χ0v) is 19.6. The van der Waals surface area contributed by atoms with Gasteiger partial charge in [-0.3, -0.25) is 4.79 Å². The number of aldehydes is 1. The molecular formula is C25H31N5O3. The quantitative estimate of drug-likeness (QED) is 0.578. The number of anilines is 1. The molecule has 8 heteroatoms. The molecule has 4 rings (SSSR count). The van der Waals surface area contributed by atoms with Crippen molar-refractivity contribution in [3.8, 4) is 11.3 Å². The van der Waals surface area contributed by atoms with Gasteiger partial charge in [0, 0.05) is 36.3 Å². The van der Waals surface area contributed by atoms with Gasteiger partial charge in [0.25, 0.3) is 0 Å². The number of hydrogen-bond donors (Lipinski definition) is 1. The molecule has 0 saturated carbocycles. The first-order chi connectivity index (χ1) is 15.7. The maximum Gasteiger partial charge on any atom is 0.220 e. The molecule has 1 unspecified atom stereocenters. The highest BCUT2D eigenvalue weighted by atomic mass is 16.5. The van der Waals surface area contributed by atoms with Gasteiger partial charge in [-0.1, -0.05) is 30.3 Å². The number of nitrogens with two attached hydrogens (primary N) is 1. The third kappa shape index (κ3) is 4.75. The molecular weight excluding hydrogens is 418 g/mol. The van der Waals surface area contributed by atoms with Crippen LogP contribution < -0.4 is 10.6 Å². The van der Waals surface area contributed by atoms with Gasteiger partial charge < -0.3 is 20.2 Å². The van der Waals surface area contributed by atoms with Crippen LogP contribution in [0.3, 0.4) is 0 Å². The molecule has 33 heavy (non-hydrogen) atoms. The van der Waals surface area contributed by atoms with Gasteiger partial charge in [-0.05, 0) is 40.5 Å². The summed E-state index contributed by atoms with van der Waals surface area (Å²) in [7, 11) is 0. The minimum Gasteiger partial charge on any atom is -0.369 e. The lowest BCUT2D eigenvalue weighted by atomic mass is 9.95. The van der Waals surface area contributed by atoms with E-state index in [2.05, 4.69) is 4.90 Å². The third-order valence-corrected chi connectivity index (χ3v) is 5.96. The first-order valence-corrected chi connectivity index (χ1v) is 11.3. The second-order valence-electron chi connectivity index (χ2n) is 9.55. The van der Waals surface area contributed by atoms with Crippen molar-refractivity contribution in [2.75, 3.05) is 18.0 Å². The fourth-order valence-corrected chi connectivity index (χ4v) is 4.41. The highest BCUT2D eigenvalue weighted by Gasteiger charge is 2.32. The molecule has 3 aromatic rings. The Morgan fingerprint density at radius 1 is 1.21 bits per heavy atom. The van der Waals surface area contributed by atoms with E-state index in [1.54, 1.807) is 4.52 Å². The van der Waals surface area contributed by atoms with E-state index < -0.39 is 11.7 Å². The van der Waals surface area contributed by atoms with Crippen LogP contribution in [0.1, 0.15) is 51.0 Å². The molecule has 1 aliphatic rings. The average molecular weight is 450 g/mol. The maximum absolute atomic E-state index is 12.2. The lowest BCUT2D eigenvalue weighted by Crippen LogP contribution is -2.40. The van der Waals surface area contributed by atoms with Gasteiger partial charge in [-0.2, -0.15) is 9.61 Å². The second-order valence-corrected chi connectivity index (χ2v) is 9.55. The number of hydrogen-bond acceptors (Lipinski definition) is 6. The van der Waals surface area contributed by atoms with Crippen LogP contribution in [0.2, 0.25) is 0 Å². The summed E-state index contributed by atoms with van der Waals surface area (Å²) in [4.78, 5) is 30.9. The highest BCUT2D eigenvalue weighted by Crippen LogP contribution is 2.36. The van der Waals surface area contributed by atoms with Crippen molar-refractivity contribution in [1.82, 2.24) is 14.6 Å². The van der Waals surface area contributed by atoms with Crippen molar-refractivity contribution < 1.29 is 14.3 Å². The highest BCUT2D eigenvalue weighted by molar-refractivity contribution is 5.77. The minimum absolute atomic E-state index is 0.145. The second kappa shape index (κ2) is 8.94. The van der Waals surface area contributed by atoms with Crippen LogP contribution in [0, 0.1) is 12.8 Å². The predicted molar refractivity (Wildman–Crippen MR) is 127 cm³/mol. The first kappa shape index (κ1) is 22.9. The van der Waals surface area contributed by atoms with E-state index in [1.165, 1.54) is 0 Å². The van der Waals surface area contributed by atoms with E-state index >= 15 is 0 Å². The van der Waals surface area contributed by atoms with E-state index in [0.29, 0.717) is 37.1 Å². The topological polar surface area (TPSA) is 103 Å². The van der Waals surface area contributed by atoms with Crippen LogP contribution in [0.25, 0.3) is 16.9 Å². The van der Waals surface area contributed by atoms with E-state index in [-0.39, 0.29) is 11.8 Å². The molecule has 174 valence electrons. The number of fused-ring (bicyclic) bond motifs is 1. The number of rotatable bonds is 6. The molecule has 0 spiro atoms. The molecule has 1 amide bonds. The van der Waals surface area contributed by atoms with Gasteiger partial charge in [-0.15, -0.1) is 0 Å². The number of nitrogens with zero attached hydrogens (tertiary/aromatic N) is 4. The van der Waals surface area contributed by atoms with Crippen LogP contribution in [0.4, 0.5) is 5.82 Å². The maximum atomic E-state index is 12.2. The van der Waals surface area contributed by atoms with Crippen LogP contribution in [-0.4, -0.2) is 45.5 Å². The number of carbonyl (C=O) groups is 2. The van der Waals surface area contributed by atoms with E-state index in [0.717, 1.165) is 29.1 Å². The molecule has 1 aliphatic heterocycles. The summed E-state index contributed by atoms with van der Waals surface area (Å²) < 4.78 is 7.94. The SMILES string of the molecule is Cc1nc2cc(-c3ccccc3)nn2c(N2CCC(C(N)=O)CC2)c1C(C=O)OC(C)(C)C. The summed E-state index contributed by atoms with van der Waals surface area (Å²) in [6, 6.07) is 11.9. The van der Waals surface area contributed by atoms with Crippen molar-refractivity contribution >= 4 is 23.7 Å². The summed E-state index contributed by atoms with van der Waals surface area (Å²) in [6.45, 7) is 8.91. The van der Waals surface area contributed by atoms with Crippen LogP contribution in [0.5, 0.6) is 0 Å².